The molecule has 0 saturated heterocycles. The molecule has 1 amide bonds. The van der Waals surface area contributed by atoms with E-state index in [9.17, 15) is 4.79 Å². The molecule has 0 spiro atoms. The molecule has 0 aromatic heterocycles. The topological polar surface area (TPSA) is 62.1 Å². The van der Waals surface area contributed by atoms with Crippen molar-refractivity contribution in [2.75, 3.05) is 6.61 Å². The van der Waals surface area contributed by atoms with Gasteiger partial charge in [-0.15, -0.1) is 0 Å². The number of nitrogens with zero attached hydrogens (tertiary/aromatic N) is 1. The van der Waals surface area contributed by atoms with Crippen LogP contribution in [0.25, 0.3) is 0 Å². The number of hydrogen-bond donors (Lipinski definition) is 1. The van der Waals surface area contributed by atoms with Gasteiger partial charge in [0, 0.05) is 11.6 Å². The van der Waals surface area contributed by atoms with E-state index in [0.29, 0.717) is 27.9 Å². The smallest absolute Gasteiger partial charge is 0.258 e. The van der Waals surface area contributed by atoms with Crippen LogP contribution in [-0.4, -0.2) is 12.5 Å². The Hall–Kier alpha value is -2.22. The fourth-order valence-electron chi connectivity index (χ4n) is 1.74. The fraction of sp³-hybridized carbons (Fsp3) is 0.125. The summed E-state index contributed by atoms with van der Waals surface area (Å²) in [4.78, 5) is 11.8. The van der Waals surface area contributed by atoms with Crippen molar-refractivity contribution in [3.63, 3.8) is 0 Å². The van der Waals surface area contributed by atoms with Crippen LogP contribution in [0.15, 0.2) is 42.5 Å². The number of nitriles is 1. The molecule has 0 radical (unpaired) electrons. The molecule has 0 fully saturated rings. The zero-order valence-electron chi connectivity index (χ0n) is 11.5. The summed E-state index contributed by atoms with van der Waals surface area (Å²) in [6, 6.07) is 13.9. The highest BCUT2D eigenvalue weighted by atomic mass is 35.5. The number of benzene rings is 2. The first kappa shape index (κ1) is 16.2. The van der Waals surface area contributed by atoms with Gasteiger partial charge in [-0.05, 0) is 35.9 Å². The van der Waals surface area contributed by atoms with Crippen molar-refractivity contribution in [2.24, 2.45) is 0 Å². The van der Waals surface area contributed by atoms with Crippen LogP contribution in [0.1, 0.15) is 11.1 Å². The molecule has 0 aliphatic carbocycles. The average Bonchev–Trinajstić information content (AvgIpc) is 2.52. The van der Waals surface area contributed by atoms with E-state index in [4.69, 9.17) is 33.2 Å². The van der Waals surface area contributed by atoms with E-state index >= 15 is 0 Å². The molecule has 2 aromatic carbocycles. The van der Waals surface area contributed by atoms with Gasteiger partial charge < -0.3 is 10.1 Å². The van der Waals surface area contributed by atoms with E-state index in [1.165, 1.54) is 0 Å². The molecular weight excluding hydrogens is 323 g/mol. The van der Waals surface area contributed by atoms with Gasteiger partial charge >= 0.3 is 0 Å². The van der Waals surface area contributed by atoms with Gasteiger partial charge in [-0.2, -0.15) is 5.26 Å². The molecule has 112 valence electrons. The number of amides is 1. The summed E-state index contributed by atoms with van der Waals surface area (Å²) in [7, 11) is 0. The van der Waals surface area contributed by atoms with Crippen molar-refractivity contribution in [1.82, 2.24) is 5.32 Å². The van der Waals surface area contributed by atoms with Gasteiger partial charge in [-0.3, -0.25) is 4.79 Å². The lowest BCUT2D eigenvalue weighted by Crippen LogP contribution is -2.28. The Kier molecular flexibility index (Phi) is 5.65. The van der Waals surface area contributed by atoms with Gasteiger partial charge in [0.05, 0.1) is 16.7 Å². The molecule has 1 N–H and O–H groups in total. The molecule has 0 bridgehead atoms. The van der Waals surface area contributed by atoms with Crippen molar-refractivity contribution in [3.05, 3.63) is 63.6 Å². The van der Waals surface area contributed by atoms with E-state index in [0.717, 1.165) is 5.56 Å². The Balaban J connectivity index is 1.84. The van der Waals surface area contributed by atoms with Gasteiger partial charge in [0.25, 0.3) is 5.91 Å². The number of ether oxygens (including phenoxy) is 1. The SMILES string of the molecule is N#Cc1cccc(CNC(=O)COc2ccc(Cl)cc2Cl)c1. The van der Waals surface area contributed by atoms with Gasteiger partial charge in [-0.1, -0.05) is 35.3 Å². The molecule has 0 unspecified atom stereocenters. The molecule has 0 aliphatic rings. The predicted molar refractivity (Wildman–Crippen MR) is 85.0 cm³/mol. The van der Waals surface area contributed by atoms with Crippen molar-refractivity contribution in [2.45, 2.75) is 6.54 Å². The molecule has 4 nitrogen and oxygen atoms in total. The van der Waals surface area contributed by atoms with Crippen LogP contribution in [0.3, 0.4) is 0 Å². The second-order valence-electron chi connectivity index (χ2n) is 4.45. The lowest BCUT2D eigenvalue weighted by Gasteiger charge is -2.09. The molecule has 22 heavy (non-hydrogen) atoms. The summed E-state index contributed by atoms with van der Waals surface area (Å²) in [6.45, 7) is 0.172. The molecule has 6 heteroatoms. The van der Waals surface area contributed by atoms with Gasteiger partial charge in [-0.25, -0.2) is 0 Å². The Morgan fingerprint density at radius 1 is 1.23 bits per heavy atom. The second-order valence-corrected chi connectivity index (χ2v) is 5.30. The van der Waals surface area contributed by atoms with Crippen LogP contribution in [0.4, 0.5) is 0 Å². The van der Waals surface area contributed by atoms with Crippen LogP contribution in [0, 0.1) is 11.3 Å². The van der Waals surface area contributed by atoms with E-state index < -0.39 is 0 Å². The Morgan fingerprint density at radius 2 is 2.05 bits per heavy atom. The number of halogens is 2. The molecule has 0 atom stereocenters. The Morgan fingerprint density at radius 3 is 2.77 bits per heavy atom. The zero-order chi connectivity index (χ0) is 15.9. The first-order chi connectivity index (χ1) is 10.6. The monoisotopic (exact) mass is 334 g/mol. The number of rotatable bonds is 5. The normalized spacial score (nSPS) is 9.86. The quantitative estimate of drug-likeness (QED) is 0.909. The van der Waals surface area contributed by atoms with E-state index in [1.54, 1.807) is 36.4 Å². The minimum atomic E-state index is -0.284. The zero-order valence-corrected chi connectivity index (χ0v) is 13.0. The van der Waals surface area contributed by atoms with Crippen molar-refractivity contribution in [1.29, 1.82) is 5.26 Å². The predicted octanol–water partition coefficient (Wildman–Crippen LogP) is 3.56. The highest BCUT2D eigenvalue weighted by molar-refractivity contribution is 6.35. The van der Waals surface area contributed by atoms with Gasteiger partial charge in [0.15, 0.2) is 6.61 Å². The third-order valence-electron chi connectivity index (χ3n) is 2.80. The maximum atomic E-state index is 11.8. The molecule has 0 aliphatic heterocycles. The van der Waals surface area contributed by atoms with Gasteiger partial charge in [0.2, 0.25) is 0 Å². The van der Waals surface area contributed by atoms with Crippen molar-refractivity contribution < 1.29 is 9.53 Å². The van der Waals surface area contributed by atoms with E-state index in [1.807, 2.05) is 12.1 Å². The highest BCUT2D eigenvalue weighted by Gasteiger charge is 2.06. The van der Waals surface area contributed by atoms with E-state index in [2.05, 4.69) is 5.32 Å². The fourth-order valence-corrected chi connectivity index (χ4v) is 2.20. The minimum absolute atomic E-state index is 0.153. The van der Waals surface area contributed by atoms with Crippen LogP contribution < -0.4 is 10.1 Å². The summed E-state index contributed by atoms with van der Waals surface area (Å²) in [5.74, 6) is 0.112. The van der Waals surface area contributed by atoms with E-state index in [-0.39, 0.29) is 12.5 Å². The second kappa shape index (κ2) is 7.69. The third-order valence-corrected chi connectivity index (χ3v) is 3.33. The molecule has 0 heterocycles. The first-order valence-electron chi connectivity index (χ1n) is 6.42. The number of hydrogen-bond acceptors (Lipinski definition) is 3. The standard InChI is InChI=1S/C16H12Cl2N2O2/c17-13-4-5-15(14(18)7-13)22-10-16(21)20-9-12-3-1-2-11(6-12)8-19/h1-7H,9-10H2,(H,20,21). The Bertz CT molecular complexity index is 726. The van der Waals surface area contributed by atoms with Crippen molar-refractivity contribution in [3.8, 4) is 11.8 Å². The summed E-state index contributed by atoms with van der Waals surface area (Å²) < 4.78 is 5.33. The number of carbonyl (C=O) groups is 1. The molecule has 2 aromatic rings. The average molecular weight is 335 g/mol. The van der Waals surface area contributed by atoms with Gasteiger partial charge in [0.1, 0.15) is 5.75 Å². The largest absolute Gasteiger partial charge is 0.482 e. The summed E-state index contributed by atoms with van der Waals surface area (Å²) >= 11 is 11.7. The van der Waals surface area contributed by atoms with Crippen LogP contribution in [0.2, 0.25) is 10.0 Å². The molecule has 0 saturated carbocycles. The lowest BCUT2D eigenvalue weighted by atomic mass is 10.1. The molecular formula is C16H12Cl2N2O2. The highest BCUT2D eigenvalue weighted by Crippen LogP contribution is 2.27. The summed E-state index contributed by atoms with van der Waals surface area (Å²) in [5, 5.41) is 12.4. The van der Waals surface area contributed by atoms with Crippen molar-refractivity contribution >= 4 is 29.1 Å². The first-order valence-corrected chi connectivity index (χ1v) is 7.17. The molecule has 2 rings (SSSR count). The Labute approximate surface area is 138 Å². The number of carbonyl (C=O) groups excluding carboxylic acids is 1. The van der Waals surface area contributed by atoms with Crippen LogP contribution in [-0.2, 0) is 11.3 Å². The third kappa shape index (κ3) is 4.66. The number of nitrogens with one attached hydrogen (secondary N) is 1. The van der Waals surface area contributed by atoms with Crippen LogP contribution >= 0.6 is 23.2 Å². The summed E-state index contributed by atoms with van der Waals surface area (Å²) in [6.07, 6.45) is 0. The summed E-state index contributed by atoms with van der Waals surface area (Å²) in [5.41, 5.74) is 1.40. The minimum Gasteiger partial charge on any atom is -0.482 e. The van der Waals surface area contributed by atoms with Crippen LogP contribution in [0.5, 0.6) is 5.75 Å². The maximum Gasteiger partial charge on any atom is 0.258 e. The maximum absolute atomic E-state index is 11.8. The lowest BCUT2D eigenvalue weighted by molar-refractivity contribution is -0.123.